The van der Waals surface area contributed by atoms with Gasteiger partial charge in [0.25, 0.3) is 0 Å². The minimum Gasteiger partial charge on any atom is -0.359 e. The highest BCUT2D eigenvalue weighted by atomic mass is 15.2. The van der Waals surface area contributed by atoms with E-state index in [4.69, 9.17) is 5.84 Å². The molecule has 3 heteroatoms. The summed E-state index contributed by atoms with van der Waals surface area (Å²) in [5.74, 6) is 5.03. The minimum absolute atomic E-state index is 0.493. The first-order valence-electron chi connectivity index (χ1n) is 3.71. The SMILES string of the molecule is CCCN(/C=N\N)C(C)C. The van der Waals surface area contributed by atoms with E-state index < -0.39 is 0 Å². The van der Waals surface area contributed by atoms with Crippen LogP contribution in [0.3, 0.4) is 0 Å². The molecule has 0 saturated heterocycles. The Morgan fingerprint density at radius 1 is 1.60 bits per heavy atom. The van der Waals surface area contributed by atoms with E-state index in [1.54, 1.807) is 6.34 Å². The van der Waals surface area contributed by atoms with Crippen molar-refractivity contribution >= 4 is 6.34 Å². The third-order valence-electron chi connectivity index (χ3n) is 1.36. The molecular weight excluding hydrogens is 126 g/mol. The van der Waals surface area contributed by atoms with Crippen molar-refractivity contribution in [3.63, 3.8) is 0 Å². The highest BCUT2D eigenvalue weighted by Crippen LogP contribution is 1.94. The molecule has 0 aliphatic carbocycles. The molecule has 0 aromatic rings. The summed E-state index contributed by atoms with van der Waals surface area (Å²) in [5, 5.41) is 3.48. The molecule has 0 rings (SSSR count). The van der Waals surface area contributed by atoms with Gasteiger partial charge < -0.3 is 10.7 Å². The lowest BCUT2D eigenvalue weighted by molar-refractivity contribution is 0.359. The van der Waals surface area contributed by atoms with Crippen molar-refractivity contribution in [2.24, 2.45) is 10.9 Å². The zero-order chi connectivity index (χ0) is 7.98. The molecule has 60 valence electrons. The number of nitrogens with two attached hydrogens (primary N) is 1. The van der Waals surface area contributed by atoms with Crippen molar-refractivity contribution in [1.29, 1.82) is 0 Å². The van der Waals surface area contributed by atoms with Crippen LogP contribution >= 0.6 is 0 Å². The van der Waals surface area contributed by atoms with E-state index >= 15 is 0 Å². The van der Waals surface area contributed by atoms with Gasteiger partial charge in [0.1, 0.15) is 6.34 Å². The maximum absolute atomic E-state index is 5.03. The van der Waals surface area contributed by atoms with E-state index in [9.17, 15) is 0 Å². The second-order valence-electron chi connectivity index (χ2n) is 2.60. The molecule has 0 atom stereocenters. The van der Waals surface area contributed by atoms with Gasteiger partial charge in [-0.05, 0) is 20.3 Å². The molecule has 0 amide bonds. The molecule has 0 aromatic heterocycles. The smallest absolute Gasteiger partial charge is 0.111 e. The minimum atomic E-state index is 0.493. The van der Waals surface area contributed by atoms with Gasteiger partial charge in [0.15, 0.2) is 0 Å². The monoisotopic (exact) mass is 143 g/mol. The average Bonchev–Trinajstić information content (AvgIpc) is 1.87. The van der Waals surface area contributed by atoms with Gasteiger partial charge in [0.05, 0.1) is 0 Å². The summed E-state index contributed by atoms with van der Waals surface area (Å²) in [7, 11) is 0. The summed E-state index contributed by atoms with van der Waals surface area (Å²) in [5.41, 5.74) is 0. The van der Waals surface area contributed by atoms with Gasteiger partial charge in [0, 0.05) is 12.6 Å². The summed E-state index contributed by atoms with van der Waals surface area (Å²) in [4.78, 5) is 2.11. The molecule has 0 spiro atoms. The second kappa shape index (κ2) is 5.09. The van der Waals surface area contributed by atoms with Crippen LogP contribution < -0.4 is 5.84 Å². The van der Waals surface area contributed by atoms with Crippen LogP contribution in [-0.4, -0.2) is 23.8 Å². The lowest BCUT2D eigenvalue weighted by atomic mass is 10.3. The number of hydrogen-bond acceptors (Lipinski definition) is 2. The first-order chi connectivity index (χ1) is 4.72. The van der Waals surface area contributed by atoms with Crippen LogP contribution in [0.4, 0.5) is 0 Å². The Morgan fingerprint density at radius 3 is 2.50 bits per heavy atom. The lowest BCUT2D eigenvalue weighted by Crippen LogP contribution is -2.30. The van der Waals surface area contributed by atoms with Gasteiger partial charge in [-0.1, -0.05) is 6.92 Å². The first kappa shape index (κ1) is 9.27. The summed E-state index contributed by atoms with van der Waals surface area (Å²) in [6, 6.07) is 0.493. The summed E-state index contributed by atoms with van der Waals surface area (Å²) < 4.78 is 0. The molecule has 0 aliphatic rings. The Kier molecular flexibility index (Phi) is 4.72. The van der Waals surface area contributed by atoms with Crippen molar-refractivity contribution in [2.75, 3.05) is 6.54 Å². The average molecular weight is 143 g/mol. The predicted molar refractivity (Wildman–Crippen MR) is 44.8 cm³/mol. The van der Waals surface area contributed by atoms with Crippen LogP contribution in [0.15, 0.2) is 5.10 Å². The fraction of sp³-hybridized carbons (Fsp3) is 0.857. The molecular formula is C7H17N3. The van der Waals surface area contributed by atoms with Gasteiger partial charge in [0.2, 0.25) is 0 Å². The summed E-state index contributed by atoms with van der Waals surface area (Å²) in [6.45, 7) is 7.41. The molecule has 0 bridgehead atoms. The predicted octanol–water partition coefficient (Wildman–Crippen LogP) is 1.01. The Labute approximate surface area is 62.9 Å². The number of nitrogens with zero attached hydrogens (tertiary/aromatic N) is 2. The first-order valence-corrected chi connectivity index (χ1v) is 3.71. The Morgan fingerprint density at radius 2 is 2.20 bits per heavy atom. The topological polar surface area (TPSA) is 41.6 Å². The van der Waals surface area contributed by atoms with Gasteiger partial charge in [-0.3, -0.25) is 0 Å². The molecule has 0 fully saturated rings. The van der Waals surface area contributed by atoms with Crippen LogP contribution in [-0.2, 0) is 0 Å². The van der Waals surface area contributed by atoms with Crippen molar-refractivity contribution in [3.8, 4) is 0 Å². The third kappa shape index (κ3) is 3.33. The molecule has 2 N–H and O–H groups in total. The zero-order valence-corrected chi connectivity index (χ0v) is 7.04. The number of hydrogen-bond donors (Lipinski definition) is 1. The summed E-state index contributed by atoms with van der Waals surface area (Å²) >= 11 is 0. The van der Waals surface area contributed by atoms with E-state index in [0.717, 1.165) is 13.0 Å². The molecule has 0 radical (unpaired) electrons. The van der Waals surface area contributed by atoms with Crippen molar-refractivity contribution < 1.29 is 0 Å². The fourth-order valence-corrected chi connectivity index (χ4v) is 0.793. The highest BCUT2D eigenvalue weighted by molar-refractivity contribution is 5.54. The van der Waals surface area contributed by atoms with E-state index in [1.807, 2.05) is 0 Å². The summed E-state index contributed by atoms with van der Waals surface area (Å²) in [6.07, 6.45) is 2.82. The van der Waals surface area contributed by atoms with Crippen molar-refractivity contribution in [2.45, 2.75) is 33.2 Å². The largest absolute Gasteiger partial charge is 0.359 e. The highest BCUT2D eigenvalue weighted by Gasteiger charge is 2.01. The van der Waals surface area contributed by atoms with E-state index in [2.05, 4.69) is 30.8 Å². The fourth-order valence-electron chi connectivity index (χ4n) is 0.793. The number of hydrazone groups is 1. The van der Waals surface area contributed by atoms with E-state index in [-0.39, 0.29) is 0 Å². The second-order valence-corrected chi connectivity index (χ2v) is 2.60. The van der Waals surface area contributed by atoms with Crippen molar-refractivity contribution in [3.05, 3.63) is 0 Å². The molecule has 0 heterocycles. The molecule has 0 saturated carbocycles. The zero-order valence-electron chi connectivity index (χ0n) is 7.04. The molecule has 3 nitrogen and oxygen atoms in total. The van der Waals surface area contributed by atoms with Gasteiger partial charge in [-0.15, -0.1) is 0 Å². The Balaban J connectivity index is 3.72. The normalized spacial score (nSPS) is 11.2. The van der Waals surface area contributed by atoms with Crippen LogP contribution in [0.1, 0.15) is 27.2 Å². The standard InChI is InChI=1S/C7H17N3/c1-4-5-10(6-9-8)7(2)3/h6-7H,4-5,8H2,1-3H3/b9-6-. The third-order valence-corrected chi connectivity index (χ3v) is 1.36. The molecule has 0 aliphatic heterocycles. The van der Waals surface area contributed by atoms with Gasteiger partial charge >= 0.3 is 0 Å². The van der Waals surface area contributed by atoms with Crippen LogP contribution in [0.25, 0.3) is 0 Å². The Bertz CT molecular complexity index is 99.0. The maximum Gasteiger partial charge on any atom is 0.111 e. The van der Waals surface area contributed by atoms with Gasteiger partial charge in [-0.2, -0.15) is 5.10 Å². The van der Waals surface area contributed by atoms with Crippen LogP contribution in [0, 0.1) is 0 Å². The van der Waals surface area contributed by atoms with E-state index in [0.29, 0.717) is 6.04 Å². The molecule has 10 heavy (non-hydrogen) atoms. The number of rotatable bonds is 4. The van der Waals surface area contributed by atoms with Crippen molar-refractivity contribution in [1.82, 2.24) is 4.90 Å². The Hall–Kier alpha value is -0.730. The van der Waals surface area contributed by atoms with Gasteiger partial charge in [-0.25, -0.2) is 0 Å². The van der Waals surface area contributed by atoms with Crippen LogP contribution in [0.2, 0.25) is 0 Å². The van der Waals surface area contributed by atoms with E-state index in [1.165, 1.54) is 0 Å². The van der Waals surface area contributed by atoms with Crippen LogP contribution in [0.5, 0.6) is 0 Å². The maximum atomic E-state index is 5.03. The quantitative estimate of drug-likeness (QED) is 0.276. The molecule has 0 unspecified atom stereocenters. The molecule has 0 aromatic carbocycles. The lowest BCUT2D eigenvalue weighted by Gasteiger charge is -2.22.